The molecule has 0 unspecified atom stereocenters. The fraction of sp³-hybridized carbons (Fsp3) is 0.167. The minimum Gasteiger partial charge on any atom is -0.493 e. The minimum absolute atomic E-state index is 0.0908. The van der Waals surface area contributed by atoms with Crippen LogP contribution in [0.3, 0.4) is 0 Å². The summed E-state index contributed by atoms with van der Waals surface area (Å²) in [6.45, 7) is 0.519. The molecule has 0 spiro atoms. The molecule has 4 nitrogen and oxygen atoms in total. The maximum absolute atomic E-state index is 10.6. The second kappa shape index (κ2) is 5.84. The summed E-state index contributed by atoms with van der Waals surface area (Å²) < 4.78 is 5.49. The maximum atomic E-state index is 10.6. The molecule has 1 heterocycles. The average Bonchev–Trinajstić information content (AvgIpc) is 2.81. The van der Waals surface area contributed by atoms with Gasteiger partial charge in [-0.15, -0.1) is 0 Å². The lowest BCUT2D eigenvalue weighted by molar-refractivity contribution is -0.384. The van der Waals surface area contributed by atoms with Gasteiger partial charge >= 0.3 is 0 Å². The fourth-order valence-electron chi connectivity index (χ4n) is 1.45. The van der Waals surface area contributed by atoms with Gasteiger partial charge in [-0.05, 0) is 28.5 Å². The number of nitro groups is 1. The second-order valence-corrected chi connectivity index (χ2v) is 4.79. The molecule has 0 amide bonds. The van der Waals surface area contributed by atoms with E-state index in [1.54, 1.807) is 17.4 Å². The Morgan fingerprint density at radius 2 is 2.22 bits per heavy atom. The molecule has 0 aliphatic heterocycles. The van der Waals surface area contributed by atoms with Crippen LogP contribution in [0.2, 0.25) is 5.02 Å². The molecule has 0 aliphatic carbocycles. The van der Waals surface area contributed by atoms with Crippen LogP contribution in [0, 0.1) is 10.1 Å². The standard InChI is InChI=1S/C12H10ClNO3S/c13-11-7-10(1-2-12(11)14(15)16)17-5-3-9-4-6-18-8-9/h1-2,4,6-8H,3,5H2. The number of nitrogens with zero attached hydrogens (tertiary/aromatic N) is 1. The van der Waals surface area contributed by atoms with E-state index in [-0.39, 0.29) is 10.7 Å². The average molecular weight is 284 g/mol. The third-order valence-corrected chi connectivity index (χ3v) is 3.39. The molecule has 0 saturated heterocycles. The van der Waals surface area contributed by atoms with E-state index in [9.17, 15) is 10.1 Å². The molecule has 0 saturated carbocycles. The first kappa shape index (κ1) is 12.9. The summed E-state index contributed by atoms with van der Waals surface area (Å²) in [6.07, 6.45) is 0.804. The molecule has 0 N–H and O–H groups in total. The highest BCUT2D eigenvalue weighted by molar-refractivity contribution is 7.07. The maximum Gasteiger partial charge on any atom is 0.288 e. The molecular formula is C12H10ClNO3S. The topological polar surface area (TPSA) is 52.4 Å². The Bertz CT molecular complexity index is 542. The number of nitro benzene ring substituents is 1. The van der Waals surface area contributed by atoms with E-state index in [1.165, 1.54) is 17.7 Å². The highest BCUT2D eigenvalue weighted by atomic mass is 35.5. The number of thiophene rings is 1. The van der Waals surface area contributed by atoms with Crippen molar-refractivity contribution in [3.63, 3.8) is 0 Å². The van der Waals surface area contributed by atoms with Crippen molar-refractivity contribution < 1.29 is 9.66 Å². The van der Waals surface area contributed by atoms with Crippen molar-refractivity contribution in [3.8, 4) is 5.75 Å². The third-order valence-electron chi connectivity index (χ3n) is 2.36. The molecular weight excluding hydrogens is 274 g/mol. The van der Waals surface area contributed by atoms with Crippen LogP contribution in [-0.2, 0) is 6.42 Å². The quantitative estimate of drug-likeness (QED) is 0.617. The number of hydrogen-bond donors (Lipinski definition) is 0. The first-order valence-corrected chi connectivity index (χ1v) is 6.56. The zero-order valence-corrected chi connectivity index (χ0v) is 10.9. The number of benzene rings is 1. The molecule has 94 valence electrons. The lowest BCUT2D eigenvalue weighted by atomic mass is 10.2. The van der Waals surface area contributed by atoms with Gasteiger partial charge in [-0.25, -0.2) is 0 Å². The van der Waals surface area contributed by atoms with Gasteiger partial charge in [-0.3, -0.25) is 10.1 Å². The molecule has 0 fully saturated rings. The van der Waals surface area contributed by atoms with Crippen molar-refractivity contribution in [2.75, 3.05) is 6.61 Å². The molecule has 0 atom stereocenters. The van der Waals surface area contributed by atoms with Crippen LogP contribution < -0.4 is 4.74 Å². The number of halogens is 1. The van der Waals surface area contributed by atoms with Gasteiger partial charge in [0.15, 0.2) is 0 Å². The predicted molar refractivity (Wildman–Crippen MR) is 71.6 cm³/mol. The summed E-state index contributed by atoms with van der Waals surface area (Å²) in [5, 5.41) is 14.7. The van der Waals surface area contributed by atoms with E-state index in [0.717, 1.165) is 6.42 Å². The Labute approximate surface area is 113 Å². The third kappa shape index (κ3) is 3.21. The molecule has 1 aromatic heterocycles. The summed E-state index contributed by atoms with van der Waals surface area (Å²) in [5.41, 5.74) is 1.11. The van der Waals surface area contributed by atoms with Crippen molar-refractivity contribution in [1.82, 2.24) is 0 Å². The van der Waals surface area contributed by atoms with Crippen LogP contribution in [0.25, 0.3) is 0 Å². The van der Waals surface area contributed by atoms with Gasteiger partial charge in [0, 0.05) is 18.6 Å². The SMILES string of the molecule is O=[N+]([O-])c1ccc(OCCc2ccsc2)cc1Cl. The Balaban J connectivity index is 1.94. The van der Waals surface area contributed by atoms with Crippen LogP contribution in [0.15, 0.2) is 35.0 Å². The van der Waals surface area contributed by atoms with Gasteiger partial charge in [0.25, 0.3) is 5.69 Å². The summed E-state index contributed by atoms with van der Waals surface area (Å²) in [4.78, 5) is 10.1. The van der Waals surface area contributed by atoms with Crippen molar-refractivity contribution in [3.05, 3.63) is 55.7 Å². The Morgan fingerprint density at radius 1 is 1.39 bits per heavy atom. The van der Waals surface area contributed by atoms with Gasteiger partial charge in [0.05, 0.1) is 11.5 Å². The summed E-state index contributed by atoms with van der Waals surface area (Å²) >= 11 is 7.42. The Kier molecular flexibility index (Phi) is 4.17. The van der Waals surface area contributed by atoms with E-state index in [0.29, 0.717) is 12.4 Å². The highest BCUT2D eigenvalue weighted by Gasteiger charge is 2.12. The molecule has 0 bridgehead atoms. The normalized spacial score (nSPS) is 10.3. The van der Waals surface area contributed by atoms with Crippen molar-refractivity contribution >= 4 is 28.6 Å². The van der Waals surface area contributed by atoms with Crippen LogP contribution in [0.4, 0.5) is 5.69 Å². The van der Waals surface area contributed by atoms with Crippen LogP contribution in [0.1, 0.15) is 5.56 Å². The monoisotopic (exact) mass is 283 g/mol. The van der Waals surface area contributed by atoms with Gasteiger partial charge in [0.1, 0.15) is 10.8 Å². The number of ether oxygens (including phenoxy) is 1. The minimum atomic E-state index is -0.516. The molecule has 0 radical (unpaired) electrons. The van der Waals surface area contributed by atoms with Crippen LogP contribution >= 0.6 is 22.9 Å². The van der Waals surface area contributed by atoms with E-state index in [4.69, 9.17) is 16.3 Å². The van der Waals surface area contributed by atoms with Crippen LogP contribution in [0.5, 0.6) is 5.75 Å². The van der Waals surface area contributed by atoms with Crippen molar-refractivity contribution in [2.24, 2.45) is 0 Å². The molecule has 1 aromatic carbocycles. The Morgan fingerprint density at radius 3 is 2.83 bits per heavy atom. The summed E-state index contributed by atoms with van der Waals surface area (Å²) in [6, 6.07) is 6.41. The molecule has 18 heavy (non-hydrogen) atoms. The number of rotatable bonds is 5. The molecule has 0 aliphatic rings. The zero-order chi connectivity index (χ0) is 13.0. The second-order valence-electron chi connectivity index (χ2n) is 3.60. The zero-order valence-electron chi connectivity index (χ0n) is 9.34. The van der Waals surface area contributed by atoms with Gasteiger partial charge in [-0.1, -0.05) is 11.6 Å². The van der Waals surface area contributed by atoms with Gasteiger partial charge in [0.2, 0.25) is 0 Å². The first-order valence-electron chi connectivity index (χ1n) is 5.24. The lowest BCUT2D eigenvalue weighted by Gasteiger charge is -2.05. The smallest absolute Gasteiger partial charge is 0.288 e. The van der Waals surface area contributed by atoms with Gasteiger partial charge in [-0.2, -0.15) is 11.3 Å². The fourth-order valence-corrected chi connectivity index (χ4v) is 2.39. The van der Waals surface area contributed by atoms with Gasteiger partial charge < -0.3 is 4.74 Å². The van der Waals surface area contributed by atoms with E-state index >= 15 is 0 Å². The number of hydrogen-bond acceptors (Lipinski definition) is 4. The van der Waals surface area contributed by atoms with Crippen molar-refractivity contribution in [2.45, 2.75) is 6.42 Å². The largest absolute Gasteiger partial charge is 0.493 e. The summed E-state index contributed by atoms with van der Waals surface area (Å²) in [7, 11) is 0. The van der Waals surface area contributed by atoms with E-state index in [2.05, 4.69) is 5.38 Å². The molecule has 6 heteroatoms. The first-order chi connectivity index (χ1) is 8.66. The van der Waals surface area contributed by atoms with Crippen LogP contribution in [-0.4, -0.2) is 11.5 Å². The van der Waals surface area contributed by atoms with E-state index in [1.807, 2.05) is 11.4 Å². The lowest BCUT2D eigenvalue weighted by Crippen LogP contribution is -2.00. The molecule has 2 aromatic rings. The Hall–Kier alpha value is -1.59. The van der Waals surface area contributed by atoms with Crippen molar-refractivity contribution in [1.29, 1.82) is 0 Å². The predicted octanol–water partition coefficient (Wildman–Crippen LogP) is 3.93. The molecule has 2 rings (SSSR count). The highest BCUT2D eigenvalue weighted by Crippen LogP contribution is 2.28. The van der Waals surface area contributed by atoms with E-state index < -0.39 is 4.92 Å². The summed E-state index contributed by atoms with van der Waals surface area (Å²) in [5.74, 6) is 0.542.